The van der Waals surface area contributed by atoms with E-state index in [-0.39, 0.29) is 21.9 Å². The summed E-state index contributed by atoms with van der Waals surface area (Å²) in [5.41, 5.74) is 0. The van der Waals surface area contributed by atoms with Crippen molar-refractivity contribution in [2.45, 2.75) is 35.8 Å². The zero-order valence-corrected chi connectivity index (χ0v) is 16.4. The molecular formula is C9H15Br2Cl3O4P-. The van der Waals surface area contributed by atoms with E-state index < -0.39 is 25.4 Å². The fourth-order valence-electron chi connectivity index (χ4n) is 1.12. The van der Waals surface area contributed by atoms with Crippen molar-refractivity contribution in [2.75, 3.05) is 17.1 Å². The maximum Gasteiger partial charge on any atom is 0.268 e. The molecule has 19 heavy (non-hydrogen) atoms. The predicted octanol–water partition coefficient (Wildman–Crippen LogP) is 3.88. The molecule has 0 N–H and O–H groups in total. The Hall–Kier alpha value is 1.94. The van der Waals surface area contributed by atoms with Crippen LogP contribution in [0, 0.1) is 0 Å². The molecule has 116 valence electrons. The van der Waals surface area contributed by atoms with Gasteiger partial charge in [0.05, 0.1) is 23.5 Å². The molecule has 0 spiro atoms. The number of hydrogen-bond donors (Lipinski definition) is 0. The van der Waals surface area contributed by atoms with E-state index in [4.69, 9.17) is 43.9 Å². The molecule has 0 aliphatic rings. The average molecular weight is 484 g/mol. The van der Waals surface area contributed by atoms with Gasteiger partial charge >= 0.3 is 0 Å². The molecule has 0 aromatic carbocycles. The molecule has 0 fully saturated rings. The summed E-state index contributed by atoms with van der Waals surface area (Å²) in [6.07, 6.45) is -1.03. The Morgan fingerprint density at radius 2 is 1.89 bits per heavy atom. The highest BCUT2D eigenvalue weighted by Crippen LogP contribution is 2.43. The van der Waals surface area contributed by atoms with E-state index in [9.17, 15) is 9.46 Å². The summed E-state index contributed by atoms with van der Waals surface area (Å²) in [6, 6.07) is 0. The molecule has 0 amide bonds. The van der Waals surface area contributed by atoms with Crippen molar-refractivity contribution >= 4 is 74.5 Å². The highest BCUT2D eigenvalue weighted by Gasteiger charge is 2.27. The van der Waals surface area contributed by atoms with Gasteiger partial charge in [-0.25, -0.2) is 0 Å². The molecular weight excluding hydrogens is 469 g/mol. The lowest BCUT2D eigenvalue weighted by molar-refractivity contribution is -0.231. The maximum atomic E-state index is 11.7. The Morgan fingerprint density at radius 3 is 2.26 bits per heavy atom. The van der Waals surface area contributed by atoms with E-state index >= 15 is 0 Å². The maximum absolute atomic E-state index is 11.7. The van der Waals surface area contributed by atoms with Crippen LogP contribution in [0.1, 0.15) is 13.3 Å². The Kier molecular flexibility index (Phi) is 11.7. The third kappa shape index (κ3) is 9.54. The quantitative estimate of drug-likeness (QED) is 0.349. The van der Waals surface area contributed by atoms with Crippen molar-refractivity contribution in [3.05, 3.63) is 0 Å². The van der Waals surface area contributed by atoms with Crippen molar-refractivity contribution in [3.8, 4) is 0 Å². The summed E-state index contributed by atoms with van der Waals surface area (Å²) in [4.78, 5) is 11.8. The lowest BCUT2D eigenvalue weighted by Gasteiger charge is -2.31. The first kappa shape index (κ1) is 20.9. The van der Waals surface area contributed by atoms with Gasteiger partial charge in [0, 0.05) is 16.0 Å². The monoisotopic (exact) mass is 481 g/mol. The second-order valence-corrected chi connectivity index (χ2v) is 8.52. The summed E-state index contributed by atoms with van der Waals surface area (Å²) < 4.78 is 21.4. The van der Waals surface area contributed by atoms with E-state index in [2.05, 4.69) is 31.9 Å². The van der Waals surface area contributed by atoms with Crippen molar-refractivity contribution in [3.63, 3.8) is 0 Å². The molecule has 0 saturated carbocycles. The average Bonchev–Trinajstić information content (AvgIpc) is 2.32. The molecule has 4 nitrogen and oxygen atoms in total. The molecule has 10 heteroatoms. The number of hydrogen-bond acceptors (Lipinski definition) is 4. The summed E-state index contributed by atoms with van der Waals surface area (Å²) in [7, 11) is -4.50. The SMILES string of the molecule is CC(Br)CC(Cl)C(CCl)OP(=O)([O-])OC(CCl)CBr. The highest BCUT2D eigenvalue weighted by molar-refractivity contribution is 9.09. The van der Waals surface area contributed by atoms with Crippen LogP contribution in [0.4, 0.5) is 0 Å². The first-order valence-corrected chi connectivity index (χ1v) is 10.4. The van der Waals surface area contributed by atoms with E-state index in [1.165, 1.54) is 0 Å². The minimum absolute atomic E-state index is 0.0229. The molecule has 0 bridgehead atoms. The Balaban J connectivity index is 4.54. The molecule has 0 aromatic rings. The zero-order valence-electron chi connectivity index (χ0n) is 10.1. The van der Waals surface area contributed by atoms with Gasteiger partial charge in [0.15, 0.2) is 0 Å². The second kappa shape index (κ2) is 10.6. The predicted molar refractivity (Wildman–Crippen MR) is 85.2 cm³/mol. The first-order valence-electron chi connectivity index (χ1n) is 5.39. The fourth-order valence-corrected chi connectivity index (χ4v) is 4.88. The van der Waals surface area contributed by atoms with Crippen LogP contribution in [0.25, 0.3) is 0 Å². The van der Waals surface area contributed by atoms with E-state index in [0.717, 1.165) is 0 Å². The topological polar surface area (TPSA) is 58.6 Å². The van der Waals surface area contributed by atoms with Crippen LogP contribution < -0.4 is 4.89 Å². The molecule has 5 atom stereocenters. The summed E-state index contributed by atoms with van der Waals surface area (Å²) in [5.74, 6) is -0.0293. The second-order valence-electron chi connectivity index (χ2n) is 3.81. The summed E-state index contributed by atoms with van der Waals surface area (Å²) in [5, 5.41) is -0.267. The van der Waals surface area contributed by atoms with Crippen molar-refractivity contribution < 1.29 is 18.5 Å². The molecule has 0 rings (SSSR count). The molecule has 0 aromatic heterocycles. The van der Waals surface area contributed by atoms with Crippen LogP contribution in [0.3, 0.4) is 0 Å². The van der Waals surface area contributed by atoms with Gasteiger partial charge in [0.25, 0.3) is 7.82 Å². The normalized spacial score (nSPS) is 21.4. The van der Waals surface area contributed by atoms with Crippen molar-refractivity contribution in [2.24, 2.45) is 0 Å². The van der Waals surface area contributed by atoms with Gasteiger partial charge in [-0.05, 0) is 6.42 Å². The van der Waals surface area contributed by atoms with E-state index in [0.29, 0.717) is 6.42 Å². The van der Waals surface area contributed by atoms with Crippen LogP contribution in [0.2, 0.25) is 0 Å². The minimum atomic E-state index is -4.50. The fraction of sp³-hybridized carbons (Fsp3) is 1.00. The largest absolute Gasteiger partial charge is 0.756 e. The van der Waals surface area contributed by atoms with Crippen molar-refractivity contribution in [1.82, 2.24) is 0 Å². The van der Waals surface area contributed by atoms with Crippen LogP contribution in [0.15, 0.2) is 0 Å². The van der Waals surface area contributed by atoms with Crippen molar-refractivity contribution in [1.29, 1.82) is 0 Å². The zero-order chi connectivity index (χ0) is 15.1. The number of halogens is 5. The van der Waals surface area contributed by atoms with Crippen LogP contribution in [-0.4, -0.2) is 39.5 Å². The van der Waals surface area contributed by atoms with Gasteiger partial charge in [-0.2, -0.15) is 0 Å². The van der Waals surface area contributed by atoms with E-state index in [1.54, 1.807) is 0 Å². The van der Waals surface area contributed by atoms with Gasteiger partial charge in [0.2, 0.25) is 0 Å². The smallest absolute Gasteiger partial charge is 0.268 e. The molecule has 0 heterocycles. The Morgan fingerprint density at radius 1 is 1.32 bits per heavy atom. The number of rotatable bonds is 10. The van der Waals surface area contributed by atoms with Gasteiger partial charge in [-0.3, -0.25) is 4.57 Å². The van der Waals surface area contributed by atoms with Gasteiger partial charge in [0.1, 0.15) is 0 Å². The third-order valence-electron chi connectivity index (χ3n) is 1.99. The lowest BCUT2D eigenvalue weighted by atomic mass is 10.2. The molecule has 5 unspecified atom stereocenters. The summed E-state index contributed by atoms with van der Waals surface area (Å²) >= 11 is 23.7. The first-order chi connectivity index (χ1) is 8.75. The van der Waals surface area contributed by atoms with E-state index in [1.807, 2.05) is 6.92 Å². The van der Waals surface area contributed by atoms with Crippen LogP contribution >= 0.6 is 74.5 Å². The third-order valence-corrected chi connectivity index (χ3v) is 5.28. The molecule has 0 aliphatic carbocycles. The van der Waals surface area contributed by atoms with Gasteiger partial charge in [-0.15, -0.1) is 34.8 Å². The Labute approximate surface area is 145 Å². The molecule has 0 saturated heterocycles. The standard InChI is InChI=1S/C9H16Br2Cl3O4P/c1-6(11)2-8(14)9(5-13)18-19(15,16)17-7(3-10)4-12/h6-9H,2-5H2,1H3,(H,15,16)/p-1. The molecule has 0 aliphatic heterocycles. The number of phosphoric ester groups is 1. The van der Waals surface area contributed by atoms with Gasteiger partial charge in [-0.1, -0.05) is 38.8 Å². The highest BCUT2D eigenvalue weighted by atomic mass is 79.9. The van der Waals surface area contributed by atoms with Gasteiger partial charge < -0.3 is 13.9 Å². The van der Waals surface area contributed by atoms with Crippen LogP contribution in [-0.2, 0) is 13.6 Å². The lowest BCUT2D eigenvalue weighted by Crippen LogP contribution is -2.31. The minimum Gasteiger partial charge on any atom is -0.756 e. The number of phosphoric acid groups is 1. The number of alkyl halides is 5. The van der Waals surface area contributed by atoms with Crippen LogP contribution in [0.5, 0.6) is 0 Å². The Bertz CT molecular complexity index is 295. The molecule has 0 radical (unpaired) electrons. The summed E-state index contributed by atoms with van der Waals surface area (Å²) in [6.45, 7) is 1.89.